The molecule has 0 radical (unpaired) electrons. The molecule has 0 bridgehead atoms. The monoisotopic (exact) mass is 478 g/mol. The van der Waals surface area contributed by atoms with Crippen molar-refractivity contribution in [1.82, 2.24) is 0 Å². The van der Waals surface area contributed by atoms with Gasteiger partial charge < -0.3 is 0 Å². The quantitative estimate of drug-likeness (QED) is 0.190. The first-order chi connectivity index (χ1) is 18.8. The van der Waals surface area contributed by atoms with Crippen molar-refractivity contribution in [2.45, 2.75) is 12.8 Å². The predicted molar refractivity (Wildman–Crippen MR) is 162 cm³/mol. The molecule has 10 rings (SSSR count). The SMILES string of the molecule is c1cc2ccc3cc4c(c5ccc(c1)c2c35)-c1cc2c(cc1C4)-c1c(c3ccccc3c3ccccc13)C2. The molecule has 0 atom stereocenters. The molecule has 2 aliphatic rings. The minimum absolute atomic E-state index is 1.00. The molecule has 0 heterocycles. The van der Waals surface area contributed by atoms with Gasteiger partial charge in [-0.25, -0.2) is 0 Å². The van der Waals surface area contributed by atoms with Crippen molar-refractivity contribution in [2.75, 3.05) is 0 Å². The molecule has 8 aromatic rings. The Morgan fingerprint density at radius 1 is 0.368 bits per heavy atom. The molecular formula is C38H22. The highest BCUT2D eigenvalue weighted by atomic mass is 14.3. The molecule has 38 heavy (non-hydrogen) atoms. The fourth-order valence-corrected chi connectivity index (χ4v) is 7.88. The molecule has 0 nitrogen and oxygen atoms in total. The standard InChI is InChI=1S/C38H22/c1-2-10-29-27(8-1)28-9-3-4-11-30(28)38-33-18-24-17-26-16-23-13-12-21-6-5-7-22-14-15-31(37(23)35(21)22)36(26)32(24)19-25(33)20-34(29)38/h1-16,18-19H,17,20H2. The number of rotatable bonds is 0. The third kappa shape index (κ3) is 2.24. The van der Waals surface area contributed by atoms with Crippen LogP contribution in [0.15, 0.2) is 109 Å². The molecule has 0 unspecified atom stereocenters. The number of hydrogen-bond acceptors (Lipinski definition) is 0. The average molecular weight is 479 g/mol. The van der Waals surface area contributed by atoms with Gasteiger partial charge in [0.2, 0.25) is 0 Å². The van der Waals surface area contributed by atoms with Crippen LogP contribution < -0.4 is 0 Å². The van der Waals surface area contributed by atoms with Crippen LogP contribution in [0, 0.1) is 0 Å². The second-order valence-electron chi connectivity index (χ2n) is 11.2. The fraction of sp³-hybridized carbons (Fsp3) is 0.0526. The van der Waals surface area contributed by atoms with Gasteiger partial charge in [0.05, 0.1) is 0 Å². The summed E-state index contributed by atoms with van der Waals surface area (Å²) in [4.78, 5) is 0. The lowest BCUT2D eigenvalue weighted by molar-refractivity contribution is 1.25. The summed E-state index contributed by atoms with van der Waals surface area (Å²) >= 11 is 0. The lowest BCUT2D eigenvalue weighted by Gasteiger charge is -2.15. The predicted octanol–water partition coefficient (Wildman–Crippen LogP) is 10.0. The average Bonchev–Trinajstić information content (AvgIpc) is 3.52. The molecule has 0 spiro atoms. The van der Waals surface area contributed by atoms with E-state index < -0.39 is 0 Å². The number of fused-ring (bicyclic) bond motifs is 12. The maximum Gasteiger partial charge on any atom is -0.000683 e. The highest BCUT2D eigenvalue weighted by molar-refractivity contribution is 6.26. The number of benzene rings is 8. The second-order valence-corrected chi connectivity index (χ2v) is 11.2. The molecule has 0 fully saturated rings. The molecular weight excluding hydrogens is 456 g/mol. The van der Waals surface area contributed by atoms with Crippen LogP contribution in [0.4, 0.5) is 0 Å². The van der Waals surface area contributed by atoms with Crippen LogP contribution in [-0.2, 0) is 12.8 Å². The minimum Gasteiger partial charge on any atom is -0.0616 e. The van der Waals surface area contributed by atoms with Crippen molar-refractivity contribution in [3.63, 3.8) is 0 Å². The van der Waals surface area contributed by atoms with Crippen LogP contribution in [0.2, 0.25) is 0 Å². The van der Waals surface area contributed by atoms with E-state index in [1.165, 1.54) is 98.4 Å². The maximum absolute atomic E-state index is 2.54. The van der Waals surface area contributed by atoms with Crippen molar-refractivity contribution in [3.05, 3.63) is 131 Å². The van der Waals surface area contributed by atoms with Gasteiger partial charge in [0.25, 0.3) is 0 Å². The van der Waals surface area contributed by atoms with Gasteiger partial charge in [0.1, 0.15) is 0 Å². The van der Waals surface area contributed by atoms with E-state index >= 15 is 0 Å². The smallest absolute Gasteiger partial charge is 0.000683 e. The molecule has 0 aromatic heterocycles. The normalized spacial score (nSPS) is 13.6. The van der Waals surface area contributed by atoms with Gasteiger partial charge in [-0.15, -0.1) is 0 Å². The lowest BCUT2D eigenvalue weighted by atomic mass is 9.88. The van der Waals surface area contributed by atoms with E-state index in [9.17, 15) is 0 Å². The van der Waals surface area contributed by atoms with E-state index in [-0.39, 0.29) is 0 Å². The van der Waals surface area contributed by atoms with Gasteiger partial charge in [-0.05, 0) is 123 Å². The lowest BCUT2D eigenvalue weighted by Crippen LogP contribution is -1.89. The van der Waals surface area contributed by atoms with E-state index in [0.29, 0.717) is 0 Å². The molecule has 2 aliphatic carbocycles. The van der Waals surface area contributed by atoms with Crippen molar-refractivity contribution in [1.29, 1.82) is 0 Å². The Hall–Kier alpha value is -4.68. The van der Waals surface area contributed by atoms with E-state index in [0.717, 1.165) is 12.8 Å². The molecule has 174 valence electrons. The van der Waals surface area contributed by atoms with Gasteiger partial charge in [0, 0.05) is 0 Å². The Labute approximate surface area is 220 Å². The van der Waals surface area contributed by atoms with Crippen LogP contribution in [0.25, 0.3) is 76.1 Å². The zero-order valence-electron chi connectivity index (χ0n) is 20.8. The van der Waals surface area contributed by atoms with Crippen molar-refractivity contribution >= 4 is 53.9 Å². The van der Waals surface area contributed by atoms with Crippen molar-refractivity contribution < 1.29 is 0 Å². The van der Waals surface area contributed by atoms with E-state index in [4.69, 9.17) is 0 Å². The zero-order chi connectivity index (χ0) is 24.5. The summed E-state index contributed by atoms with van der Waals surface area (Å²) in [5, 5.41) is 13.8. The maximum atomic E-state index is 2.54. The van der Waals surface area contributed by atoms with E-state index in [2.05, 4.69) is 109 Å². The summed E-state index contributed by atoms with van der Waals surface area (Å²) in [5.41, 5.74) is 11.7. The van der Waals surface area contributed by atoms with Gasteiger partial charge >= 0.3 is 0 Å². The summed E-state index contributed by atoms with van der Waals surface area (Å²) in [7, 11) is 0. The van der Waals surface area contributed by atoms with Crippen LogP contribution >= 0.6 is 0 Å². The molecule has 8 aromatic carbocycles. The first-order valence-electron chi connectivity index (χ1n) is 13.6. The topological polar surface area (TPSA) is 0 Å². The highest BCUT2D eigenvalue weighted by Crippen LogP contribution is 2.51. The summed E-state index contributed by atoms with van der Waals surface area (Å²) in [6.45, 7) is 0. The van der Waals surface area contributed by atoms with E-state index in [1.807, 2.05) is 0 Å². The Morgan fingerprint density at radius 3 is 1.82 bits per heavy atom. The van der Waals surface area contributed by atoms with Crippen LogP contribution in [0.3, 0.4) is 0 Å². The molecule has 0 aliphatic heterocycles. The first kappa shape index (κ1) is 19.4. The summed E-state index contributed by atoms with van der Waals surface area (Å²) in [5.74, 6) is 0. The fourth-order valence-electron chi connectivity index (χ4n) is 7.88. The third-order valence-corrected chi connectivity index (χ3v) is 9.39. The van der Waals surface area contributed by atoms with Gasteiger partial charge in [-0.3, -0.25) is 0 Å². The van der Waals surface area contributed by atoms with Crippen LogP contribution in [-0.4, -0.2) is 0 Å². The Bertz CT molecular complexity index is 2320. The molecule has 0 saturated heterocycles. The van der Waals surface area contributed by atoms with Crippen molar-refractivity contribution in [2.24, 2.45) is 0 Å². The van der Waals surface area contributed by atoms with Gasteiger partial charge in [-0.2, -0.15) is 0 Å². The van der Waals surface area contributed by atoms with Gasteiger partial charge in [-0.1, -0.05) is 97.1 Å². The molecule has 0 N–H and O–H groups in total. The largest absolute Gasteiger partial charge is 0.0616 e. The third-order valence-electron chi connectivity index (χ3n) is 9.39. The van der Waals surface area contributed by atoms with Crippen LogP contribution in [0.5, 0.6) is 0 Å². The minimum atomic E-state index is 1.00. The summed E-state index contributed by atoms with van der Waals surface area (Å²) in [6, 6.07) is 41.5. The van der Waals surface area contributed by atoms with E-state index in [1.54, 1.807) is 0 Å². The number of hydrogen-bond donors (Lipinski definition) is 0. The van der Waals surface area contributed by atoms with Gasteiger partial charge in [0.15, 0.2) is 0 Å². The molecule has 0 saturated carbocycles. The zero-order valence-corrected chi connectivity index (χ0v) is 20.8. The summed E-state index contributed by atoms with van der Waals surface area (Å²) in [6.07, 6.45) is 2.01. The summed E-state index contributed by atoms with van der Waals surface area (Å²) < 4.78 is 0. The molecule has 0 amide bonds. The highest BCUT2D eigenvalue weighted by Gasteiger charge is 2.29. The van der Waals surface area contributed by atoms with Crippen molar-refractivity contribution in [3.8, 4) is 22.3 Å². The second kappa shape index (κ2) is 6.60. The Morgan fingerprint density at radius 2 is 1.00 bits per heavy atom. The van der Waals surface area contributed by atoms with Crippen LogP contribution in [0.1, 0.15) is 22.3 Å². The Balaban J connectivity index is 1.28. The first-order valence-corrected chi connectivity index (χ1v) is 13.6. The Kier molecular flexibility index (Phi) is 3.37. The molecule has 0 heteroatoms.